The van der Waals surface area contributed by atoms with E-state index in [2.05, 4.69) is 0 Å². The van der Waals surface area contributed by atoms with Crippen molar-refractivity contribution in [3.8, 4) is 0 Å². The SMILES string of the molecule is [CH3][Co](=[O])[c]1ccc([N+](=O)[O-])cc1. The first-order chi connectivity index (χ1) is 5.61. The topological polar surface area (TPSA) is 60.2 Å². The molecule has 0 aliphatic heterocycles. The molecule has 1 rings (SSSR count). The van der Waals surface area contributed by atoms with Crippen molar-refractivity contribution in [2.24, 2.45) is 0 Å². The molecule has 0 spiro atoms. The van der Waals surface area contributed by atoms with Gasteiger partial charge in [-0.1, -0.05) is 0 Å². The average Bonchev–Trinajstić information content (AvgIpc) is 2.04. The maximum absolute atomic E-state index is 10.9. The molecule has 0 radical (unpaired) electrons. The molecular formula is C7H7CoNO3. The molecule has 0 bridgehead atoms. The van der Waals surface area contributed by atoms with Gasteiger partial charge in [-0.25, -0.2) is 0 Å². The quantitative estimate of drug-likeness (QED) is 0.547. The van der Waals surface area contributed by atoms with Crippen LogP contribution in [0, 0.1) is 10.1 Å². The van der Waals surface area contributed by atoms with Crippen LogP contribution in [0.4, 0.5) is 5.69 Å². The van der Waals surface area contributed by atoms with Crippen molar-refractivity contribution < 1.29 is 22.4 Å². The van der Waals surface area contributed by atoms with Crippen LogP contribution in [-0.2, 0) is 17.5 Å². The van der Waals surface area contributed by atoms with Gasteiger partial charge in [0, 0.05) is 0 Å². The Labute approximate surface area is 73.3 Å². The third-order valence-corrected chi connectivity index (χ3v) is 2.49. The van der Waals surface area contributed by atoms with Crippen LogP contribution in [0.25, 0.3) is 0 Å². The minimum absolute atomic E-state index is 0.0233. The second kappa shape index (κ2) is 3.55. The van der Waals surface area contributed by atoms with Gasteiger partial charge in [-0.2, -0.15) is 0 Å². The van der Waals surface area contributed by atoms with Gasteiger partial charge in [-0.05, 0) is 0 Å². The molecule has 1 aromatic carbocycles. The van der Waals surface area contributed by atoms with Gasteiger partial charge < -0.3 is 0 Å². The Hall–Kier alpha value is -1.07. The van der Waals surface area contributed by atoms with Crippen LogP contribution in [-0.4, -0.2) is 4.92 Å². The fourth-order valence-electron chi connectivity index (χ4n) is 0.712. The van der Waals surface area contributed by atoms with Gasteiger partial charge in [0.15, 0.2) is 0 Å². The Morgan fingerprint density at radius 1 is 1.33 bits per heavy atom. The van der Waals surface area contributed by atoms with E-state index in [-0.39, 0.29) is 5.69 Å². The molecule has 1 aromatic rings. The van der Waals surface area contributed by atoms with Crippen molar-refractivity contribution in [1.29, 1.82) is 0 Å². The molecule has 0 saturated carbocycles. The van der Waals surface area contributed by atoms with Crippen LogP contribution in [0.1, 0.15) is 0 Å². The number of rotatable bonds is 2. The monoisotopic (exact) mass is 212 g/mol. The van der Waals surface area contributed by atoms with Crippen molar-refractivity contribution in [2.75, 3.05) is 0 Å². The van der Waals surface area contributed by atoms with Crippen molar-refractivity contribution >= 4 is 10.2 Å². The fourth-order valence-corrected chi connectivity index (χ4v) is 1.37. The normalized spacial score (nSPS) is 10.9. The number of benzene rings is 1. The number of hydrogen-bond donors (Lipinski definition) is 0. The summed E-state index contributed by atoms with van der Waals surface area (Å²) >= 11 is -1.38. The maximum atomic E-state index is 10.9. The van der Waals surface area contributed by atoms with Crippen LogP contribution < -0.4 is 4.50 Å². The Morgan fingerprint density at radius 2 is 1.83 bits per heavy atom. The van der Waals surface area contributed by atoms with Gasteiger partial charge in [-0.3, -0.25) is 0 Å². The molecule has 0 atom stereocenters. The minimum atomic E-state index is -1.38. The number of hydrogen-bond acceptors (Lipinski definition) is 3. The summed E-state index contributed by atoms with van der Waals surface area (Å²) in [5.41, 5.74) is 0.0233. The molecular weight excluding hydrogens is 205 g/mol. The van der Waals surface area contributed by atoms with E-state index < -0.39 is 18.5 Å². The van der Waals surface area contributed by atoms with Gasteiger partial charge in [0.1, 0.15) is 0 Å². The first-order valence-electron chi connectivity index (χ1n) is 3.05. The summed E-state index contributed by atoms with van der Waals surface area (Å²) in [7, 11) is 0. The Balaban J connectivity index is 3.01. The molecule has 0 saturated heterocycles. The molecule has 0 unspecified atom stereocenters. The fraction of sp³-hybridized carbons (Fsp3) is 0.143. The number of non-ortho nitro benzene ring substituents is 1. The van der Waals surface area contributed by atoms with Gasteiger partial charge >= 0.3 is 72.8 Å². The summed E-state index contributed by atoms with van der Waals surface area (Å²) < 4.78 is 11.5. The van der Waals surface area contributed by atoms with Crippen molar-refractivity contribution in [3.05, 3.63) is 34.4 Å². The van der Waals surface area contributed by atoms with Crippen molar-refractivity contribution in [2.45, 2.75) is 5.86 Å². The van der Waals surface area contributed by atoms with Gasteiger partial charge in [0.25, 0.3) is 0 Å². The number of nitro benzene ring substituents is 1. The predicted molar refractivity (Wildman–Crippen MR) is 39.3 cm³/mol. The van der Waals surface area contributed by atoms with E-state index in [9.17, 15) is 14.0 Å². The molecule has 12 heavy (non-hydrogen) atoms. The molecule has 0 N–H and O–H groups in total. The van der Waals surface area contributed by atoms with Crippen molar-refractivity contribution in [1.82, 2.24) is 0 Å². The molecule has 5 heteroatoms. The van der Waals surface area contributed by atoms with E-state index >= 15 is 0 Å². The van der Waals surface area contributed by atoms with E-state index in [1.165, 1.54) is 24.3 Å². The summed E-state index contributed by atoms with van der Waals surface area (Å²) in [4.78, 5) is 9.73. The summed E-state index contributed by atoms with van der Waals surface area (Å²) in [5.74, 6) is 1.56. The molecule has 0 fully saturated rings. The second-order valence-electron chi connectivity index (χ2n) is 2.08. The summed E-state index contributed by atoms with van der Waals surface area (Å²) in [6.07, 6.45) is 0. The van der Waals surface area contributed by atoms with Crippen LogP contribution in [0.3, 0.4) is 0 Å². The first kappa shape index (κ1) is 9.02. The molecule has 0 heterocycles. The summed E-state index contributed by atoms with van der Waals surface area (Å²) in [6.45, 7) is 0. The summed E-state index contributed by atoms with van der Waals surface area (Å²) in [5, 5.41) is 10.2. The average molecular weight is 212 g/mol. The van der Waals surface area contributed by atoms with E-state index in [4.69, 9.17) is 0 Å². The zero-order chi connectivity index (χ0) is 9.14. The van der Waals surface area contributed by atoms with E-state index in [0.717, 1.165) is 0 Å². The Bertz CT molecular complexity index is 287. The predicted octanol–water partition coefficient (Wildman–Crippen LogP) is 1.23. The Morgan fingerprint density at radius 3 is 2.17 bits per heavy atom. The first-order valence-corrected chi connectivity index (χ1v) is 5.03. The van der Waals surface area contributed by atoms with Crippen LogP contribution in [0.15, 0.2) is 24.3 Å². The van der Waals surface area contributed by atoms with Crippen LogP contribution in [0.5, 0.6) is 0 Å². The Kier molecular flexibility index (Phi) is 2.67. The number of nitro groups is 1. The molecule has 0 amide bonds. The molecule has 67 valence electrons. The third kappa shape index (κ3) is 1.96. The number of nitrogens with zero attached hydrogens (tertiary/aromatic N) is 1. The van der Waals surface area contributed by atoms with Gasteiger partial charge in [0.05, 0.1) is 0 Å². The van der Waals surface area contributed by atoms with Gasteiger partial charge in [-0.15, -0.1) is 0 Å². The zero-order valence-electron chi connectivity index (χ0n) is 6.31. The van der Waals surface area contributed by atoms with E-state index in [0.29, 0.717) is 4.50 Å². The zero-order valence-corrected chi connectivity index (χ0v) is 7.36. The molecule has 0 aliphatic carbocycles. The second-order valence-corrected chi connectivity index (χ2v) is 3.84. The van der Waals surface area contributed by atoms with E-state index in [1.807, 2.05) is 0 Å². The molecule has 0 aliphatic rings. The van der Waals surface area contributed by atoms with E-state index in [1.54, 1.807) is 5.86 Å². The van der Waals surface area contributed by atoms with Crippen molar-refractivity contribution in [3.63, 3.8) is 0 Å². The molecule has 0 aromatic heterocycles. The van der Waals surface area contributed by atoms with Gasteiger partial charge in [0.2, 0.25) is 0 Å². The summed E-state index contributed by atoms with van der Waals surface area (Å²) in [6, 6.07) is 5.72. The standard InChI is InChI=1S/C6H4NO2.CH3.Co.O/c8-7(9)6-4-2-1-3-5-6;;;/h2-5H;1H3;;. The van der Waals surface area contributed by atoms with Crippen LogP contribution in [0.2, 0.25) is 5.86 Å². The van der Waals surface area contributed by atoms with Crippen LogP contribution >= 0.6 is 0 Å². The third-order valence-electron chi connectivity index (χ3n) is 1.29. The molecule has 4 nitrogen and oxygen atoms in total.